The zero-order chi connectivity index (χ0) is 29.4. The molecule has 1 saturated heterocycles. The summed E-state index contributed by atoms with van der Waals surface area (Å²) in [6, 6.07) is 0. The first-order chi connectivity index (χ1) is 17.0. The van der Waals surface area contributed by atoms with Crippen LogP contribution in [0.25, 0.3) is 0 Å². The molecule has 7 atom stereocenters. The Bertz CT molecular complexity index is 1100. The maximum atomic E-state index is 12.6. The Hall–Kier alpha value is -1.48. The summed E-state index contributed by atoms with van der Waals surface area (Å²) in [6.45, 7) is -2.12. The van der Waals surface area contributed by atoms with Crippen molar-refractivity contribution in [3.8, 4) is 0 Å². The zero-order valence-corrected chi connectivity index (χ0v) is 21.2. The Labute approximate surface area is 209 Å². The molecule has 2 heterocycles. The van der Waals surface area contributed by atoms with Crippen molar-refractivity contribution >= 4 is 35.3 Å². The van der Waals surface area contributed by atoms with E-state index in [-0.39, 0.29) is 4.90 Å². The number of hydrogen-bond donors (Lipinski definition) is 8. The first-order valence-corrected chi connectivity index (χ1v) is 14.1. The van der Waals surface area contributed by atoms with Gasteiger partial charge in [-0.15, -0.1) is 0 Å². The van der Waals surface area contributed by atoms with E-state index in [9.17, 15) is 56.7 Å². The second-order valence-corrected chi connectivity index (χ2v) is 12.0. The van der Waals surface area contributed by atoms with Crippen molar-refractivity contribution in [2.24, 2.45) is 0 Å². The third kappa shape index (κ3) is 8.77. The van der Waals surface area contributed by atoms with Crippen molar-refractivity contribution in [3.63, 3.8) is 0 Å². The molecule has 0 aromatic carbocycles. The summed E-state index contributed by atoms with van der Waals surface area (Å²) in [5, 5.41) is 32.4. The molecule has 25 heteroatoms. The Morgan fingerprint density at radius 3 is 2.21 bits per heavy atom. The van der Waals surface area contributed by atoms with Gasteiger partial charge in [-0.3, -0.25) is 14.1 Å². The molecule has 2 amide bonds. The second kappa shape index (κ2) is 11.6. The molecule has 0 aromatic heterocycles. The second-order valence-electron chi connectivity index (χ2n) is 7.54. The van der Waals surface area contributed by atoms with Gasteiger partial charge >= 0.3 is 35.6 Å². The number of alkyl halides is 3. The predicted octanol–water partition coefficient (Wildman–Crippen LogP) is -2.61. The summed E-state index contributed by atoms with van der Waals surface area (Å²) in [4.78, 5) is 59.7. The van der Waals surface area contributed by atoms with Crippen LogP contribution in [0.3, 0.4) is 0 Å². The van der Waals surface area contributed by atoms with Crippen LogP contribution in [0.1, 0.15) is 0 Å². The minimum absolute atomic E-state index is 0.132. The normalized spacial score (nSPS) is 29.8. The van der Waals surface area contributed by atoms with E-state index < -0.39 is 91.1 Å². The van der Waals surface area contributed by atoms with Crippen LogP contribution >= 0.6 is 23.5 Å². The molecular formula is C13H21F3N3O16P3. The van der Waals surface area contributed by atoms with Gasteiger partial charge in [0.05, 0.1) is 18.7 Å². The number of halogens is 3. The largest absolute Gasteiger partial charge is 0.490 e. The van der Waals surface area contributed by atoms with E-state index in [2.05, 4.69) is 13.1 Å². The molecule has 2 aliphatic rings. The van der Waals surface area contributed by atoms with Crippen LogP contribution in [0.15, 0.2) is 11.8 Å². The number of carbonyl (C=O) groups is 2. The smallest absolute Gasteiger partial charge is 0.387 e. The molecule has 0 bridgehead atoms. The molecule has 0 aromatic rings. The molecule has 8 N–H and O–H groups in total. The maximum absolute atomic E-state index is 12.6. The van der Waals surface area contributed by atoms with Crippen molar-refractivity contribution < 1.29 is 89.2 Å². The number of hydrogen-bond acceptors (Lipinski definition) is 13. The fourth-order valence-electron chi connectivity index (χ4n) is 3.05. The van der Waals surface area contributed by atoms with E-state index in [0.717, 1.165) is 13.2 Å². The highest BCUT2D eigenvalue weighted by molar-refractivity contribution is 7.66. The first-order valence-electron chi connectivity index (χ1n) is 9.62. The lowest BCUT2D eigenvalue weighted by Gasteiger charge is -2.37. The van der Waals surface area contributed by atoms with Gasteiger partial charge in [0.15, 0.2) is 6.23 Å². The number of phosphoric ester groups is 1. The topological polar surface area (TPSA) is 282 Å². The Kier molecular flexibility index (Phi) is 9.95. The van der Waals surface area contributed by atoms with Crippen molar-refractivity contribution in [2.75, 3.05) is 20.2 Å². The van der Waals surface area contributed by atoms with Crippen LogP contribution < -0.4 is 5.32 Å². The van der Waals surface area contributed by atoms with E-state index in [4.69, 9.17) is 19.4 Å². The number of carbonyl (C=O) groups excluding carboxylic acids is 2. The minimum Gasteiger partial charge on any atom is -0.387 e. The number of nitrogens with zero attached hydrogens (tertiary/aromatic N) is 2. The van der Waals surface area contributed by atoms with Crippen molar-refractivity contribution in [1.82, 2.24) is 15.1 Å². The Morgan fingerprint density at radius 1 is 1.11 bits per heavy atom. The molecule has 0 aliphatic carbocycles. The van der Waals surface area contributed by atoms with Gasteiger partial charge in [0, 0.05) is 13.2 Å². The number of likely N-dealkylation sites (N-methyl/N-ethyl adjacent to an activating group) is 1. The standard InChI is InChI=1S/C13H21F3N3O16P3/c1-18(11(23)13(14,15)16)2-5-3-19(12(24)17-9(5)22)10-8(21)7(20)6(33-10)4-32-37(28,29)35-38(30,31)34-36(25,26)27/h3,6-8,10,12,20-21,24H,2,4H2,1H3,(H,17,22)(H,28,29)(H,30,31)(H2,25,26,27)/t6-,7?,8?,10-,12?/m1/s1. The summed E-state index contributed by atoms with van der Waals surface area (Å²) >= 11 is 0. The van der Waals surface area contributed by atoms with Crippen LogP contribution in [-0.2, 0) is 41.2 Å². The fraction of sp³-hybridized carbons (Fsp3) is 0.692. The van der Waals surface area contributed by atoms with Crippen molar-refractivity contribution in [1.29, 1.82) is 0 Å². The molecule has 2 rings (SSSR count). The average Bonchev–Trinajstić information content (AvgIpc) is 2.98. The molecule has 0 radical (unpaired) electrons. The number of amides is 2. The summed E-state index contributed by atoms with van der Waals surface area (Å²) in [6.07, 6.45) is -14.1. The molecule has 1 fully saturated rings. The molecule has 0 saturated carbocycles. The predicted molar refractivity (Wildman–Crippen MR) is 108 cm³/mol. The third-order valence-electron chi connectivity index (χ3n) is 4.58. The summed E-state index contributed by atoms with van der Waals surface area (Å²) in [5.41, 5.74) is -0.530. The molecule has 0 spiro atoms. The SMILES string of the molecule is CN(CC1=CN([C@@H]2O[C@H](COP(=O)(O)OP(=O)(O)OP(=O)(O)O)C(O)C2O)C(O)NC1=O)C(=O)C(F)(F)F. The number of ether oxygens (including phenoxy) is 1. The fourth-order valence-corrected chi connectivity index (χ4v) is 6.08. The van der Waals surface area contributed by atoms with E-state index in [1.165, 1.54) is 0 Å². The summed E-state index contributed by atoms with van der Waals surface area (Å²) in [7, 11) is -16.4. The van der Waals surface area contributed by atoms with Gasteiger partial charge in [-0.25, -0.2) is 13.7 Å². The van der Waals surface area contributed by atoms with E-state index >= 15 is 0 Å². The number of aliphatic hydroxyl groups excluding tert-OH is 3. The molecular weight excluding hydrogens is 604 g/mol. The van der Waals surface area contributed by atoms with Gasteiger partial charge in [-0.05, 0) is 0 Å². The maximum Gasteiger partial charge on any atom is 0.490 e. The average molecular weight is 625 g/mol. The van der Waals surface area contributed by atoms with Crippen molar-refractivity contribution in [3.05, 3.63) is 11.8 Å². The van der Waals surface area contributed by atoms with Gasteiger partial charge in [-0.1, -0.05) is 0 Å². The van der Waals surface area contributed by atoms with Crippen LogP contribution in [-0.4, -0.2) is 114 Å². The quantitative estimate of drug-likeness (QED) is 0.115. The number of aliphatic hydroxyl groups is 3. The molecule has 38 heavy (non-hydrogen) atoms. The van der Waals surface area contributed by atoms with E-state index in [0.29, 0.717) is 4.90 Å². The molecule has 2 aliphatic heterocycles. The lowest BCUT2D eigenvalue weighted by atomic mass is 10.1. The van der Waals surface area contributed by atoms with Crippen LogP contribution in [0, 0.1) is 0 Å². The number of phosphoric acid groups is 3. The number of nitrogens with one attached hydrogen (secondary N) is 1. The van der Waals surface area contributed by atoms with E-state index in [1.807, 2.05) is 5.32 Å². The minimum atomic E-state index is -5.85. The Balaban J connectivity index is 2.13. The summed E-state index contributed by atoms with van der Waals surface area (Å²) < 4.78 is 88.2. The van der Waals surface area contributed by atoms with Gasteiger partial charge in [0.2, 0.25) is 6.35 Å². The highest BCUT2D eigenvalue weighted by Gasteiger charge is 2.49. The zero-order valence-electron chi connectivity index (χ0n) is 18.6. The van der Waals surface area contributed by atoms with Gasteiger partial charge in [0.1, 0.15) is 18.3 Å². The lowest BCUT2D eigenvalue weighted by Crippen LogP contribution is -2.57. The number of rotatable bonds is 10. The highest BCUT2D eigenvalue weighted by Crippen LogP contribution is 2.66. The van der Waals surface area contributed by atoms with Gasteiger partial charge < -0.3 is 54.7 Å². The van der Waals surface area contributed by atoms with Gasteiger partial charge in [0.25, 0.3) is 5.91 Å². The monoisotopic (exact) mass is 625 g/mol. The Morgan fingerprint density at radius 2 is 1.68 bits per heavy atom. The van der Waals surface area contributed by atoms with Crippen LogP contribution in [0.4, 0.5) is 13.2 Å². The first kappa shape index (κ1) is 32.7. The molecule has 19 nitrogen and oxygen atoms in total. The van der Waals surface area contributed by atoms with E-state index in [1.54, 1.807) is 0 Å². The lowest BCUT2D eigenvalue weighted by molar-refractivity contribution is -0.183. The molecule has 5 unspecified atom stereocenters. The molecule has 220 valence electrons. The summed E-state index contributed by atoms with van der Waals surface area (Å²) in [5.74, 6) is -3.41. The van der Waals surface area contributed by atoms with Crippen LogP contribution in [0.5, 0.6) is 0 Å². The van der Waals surface area contributed by atoms with Gasteiger partial charge in [-0.2, -0.15) is 21.8 Å². The van der Waals surface area contributed by atoms with Crippen LogP contribution in [0.2, 0.25) is 0 Å². The highest BCUT2D eigenvalue weighted by atomic mass is 31.3. The third-order valence-corrected chi connectivity index (χ3v) is 8.39. The van der Waals surface area contributed by atoms with Crippen molar-refractivity contribution in [2.45, 2.75) is 37.1 Å².